The number of hydrogen-bond donors (Lipinski definition) is 1. The Bertz CT molecular complexity index is 286. The highest BCUT2D eigenvalue weighted by molar-refractivity contribution is 5.95. The number of hydrogen-bond acceptors (Lipinski definition) is 2. The first-order valence-electron chi connectivity index (χ1n) is 6.89. The quantitative estimate of drug-likeness (QED) is 0.815. The van der Waals surface area contributed by atoms with Crippen molar-refractivity contribution in [2.24, 2.45) is 11.1 Å². The van der Waals surface area contributed by atoms with Crippen LogP contribution in [0.25, 0.3) is 0 Å². The first kappa shape index (κ1) is 14.4. The fourth-order valence-corrected chi connectivity index (χ4v) is 2.08. The van der Waals surface area contributed by atoms with Crippen LogP contribution in [0.15, 0.2) is 11.6 Å². The number of ketones is 1. The van der Waals surface area contributed by atoms with Gasteiger partial charge in [-0.2, -0.15) is 0 Å². The number of carbonyl (C=O) groups is 1. The Morgan fingerprint density at radius 3 is 2.59 bits per heavy atom. The Morgan fingerprint density at radius 1 is 1.29 bits per heavy atom. The van der Waals surface area contributed by atoms with Crippen LogP contribution in [-0.4, -0.2) is 11.8 Å². The molecule has 17 heavy (non-hydrogen) atoms. The van der Waals surface area contributed by atoms with Crippen LogP contribution in [0.1, 0.15) is 65.7 Å². The van der Waals surface area contributed by atoms with Crippen LogP contribution in [0, 0.1) is 5.41 Å². The highest BCUT2D eigenvalue weighted by Crippen LogP contribution is 2.24. The summed E-state index contributed by atoms with van der Waals surface area (Å²) in [5, 5.41) is 0. The van der Waals surface area contributed by atoms with Gasteiger partial charge in [0.05, 0.1) is 0 Å². The van der Waals surface area contributed by atoms with E-state index < -0.39 is 0 Å². The Labute approximate surface area is 106 Å². The summed E-state index contributed by atoms with van der Waals surface area (Å²) < 4.78 is 0. The summed E-state index contributed by atoms with van der Waals surface area (Å²) in [7, 11) is 0. The van der Waals surface area contributed by atoms with Gasteiger partial charge in [0.1, 0.15) is 0 Å². The van der Waals surface area contributed by atoms with E-state index in [4.69, 9.17) is 5.73 Å². The standard InChI is InChI=1S/C15H27NO/c1-15(2,3)14(16)11-13(17)12-9-7-5-4-6-8-10-12/h9,14H,4-8,10-11,16H2,1-3H3. The molecule has 2 heteroatoms. The second kappa shape index (κ2) is 6.34. The maximum atomic E-state index is 12.2. The molecule has 0 fully saturated rings. The summed E-state index contributed by atoms with van der Waals surface area (Å²) in [6, 6.07) is -0.0404. The molecule has 0 heterocycles. The summed E-state index contributed by atoms with van der Waals surface area (Å²) in [5.41, 5.74) is 7.12. The Kier molecular flexibility index (Phi) is 5.38. The Balaban J connectivity index is 2.56. The average molecular weight is 237 g/mol. The van der Waals surface area contributed by atoms with E-state index in [0.717, 1.165) is 24.8 Å². The highest BCUT2D eigenvalue weighted by atomic mass is 16.1. The van der Waals surface area contributed by atoms with Crippen molar-refractivity contribution in [3.63, 3.8) is 0 Å². The average Bonchev–Trinajstić information content (AvgIpc) is 2.14. The first-order valence-corrected chi connectivity index (χ1v) is 6.89. The fraction of sp³-hybridized carbons (Fsp3) is 0.800. The molecule has 2 N–H and O–H groups in total. The van der Waals surface area contributed by atoms with Crippen molar-refractivity contribution in [3.05, 3.63) is 11.6 Å². The molecule has 2 nitrogen and oxygen atoms in total. The van der Waals surface area contributed by atoms with Crippen molar-refractivity contribution in [1.29, 1.82) is 0 Å². The molecule has 1 aliphatic rings. The van der Waals surface area contributed by atoms with Crippen molar-refractivity contribution >= 4 is 5.78 Å². The third-order valence-electron chi connectivity index (χ3n) is 3.67. The lowest BCUT2D eigenvalue weighted by atomic mass is 9.83. The number of nitrogens with two attached hydrogens (primary N) is 1. The van der Waals surface area contributed by atoms with Crippen molar-refractivity contribution in [2.45, 2.75) is 71.8 Å². The minimum Gasteiger partial charge on any atom is -0.327 e. The summed E-state index contributed by atoms with van der Waals surface area (Å²) in [4.78, 5) is 12.2. The molecule has 1 unspecified atom stereocenters. The van der Waals surface area contributed by atoms with Crippen LogP contribution in [-0.2, 0) is 4.79 Å². The lowest BCUT2D eigenvalue weighted by molar-refractivity contribution is -0.116. The molecule has 0 spiro atoms. The number of rotatable bonds is 3. The third kappa shape index (κ3) is 5.03. The summed E-state index contributed by atoms with van der Waals surface area (Å²) in [6.07, 6.45) is 9.60. The smallest absolute Gasteiger partial charge is 0.160 e. The van der Waals surface area contributed by atoms with Gasteiger partial charge >= 0.3 is 0 Å². The molecule has 98 valence electrons. The van der Waals surface area contributed by atoms with E-state index in [1.165, 1.54) is 19.3 Å². The van der Waals surface area contributed by atoms with Crippen molar-refractivity contribution in [1.82, 2.24) is 0 Å². The zero-order valence-electron chi connectivity index (χ0n) is 11.6. The summed E-state index contributed by atoms with van der Waals surface area (Å²) in [5.74, 6) is 0.273. The largest absolute Gasteiger partial charge is 0.327 e. The van der Waals surface area contributed by atoms with Gasteiger partial charge in [0.15, 0.2) is 5.78 Å². The van der Waals surface area contributed by atoms with Gasteiger partial charge < -0.3 is 5.73 Å². The maximum absolute atomic E-state index is 12.2. The van der Waals surface area contributed by atoms with Gasteiger partial charge in [-0.25, -0.2) is 0 Å². The zero-order chi connectivity index (χ0) is 12.9. The monoisotopic (exact) mass is 237 g/mol. The number of allylic oxidation sites excluding steroid dienone is 2. The molecule has 0 aromatic rings. The molecule has 0 aromatic carbocycles. The van der Waals surface area contributed by atoms with Crippen LogP contribution in [0.5, 0.6) is 0 Å². The predicted octanol–water partition coefficient (Wildman–Crippen LogP) is 3.60. The minimum atomic E-state index is -0.0404. The number of Topliss-reactive ketones (excluding diaryl/α,β-unsaturated/α-hetero) is 1. The van der Waals surface area contributed by atoms with Gasteiger partial charge in [-0.1, -0.05) is 39.7 Å². The van der Waals surface area contributed by atoms with Crippen molar-refractivity contribution in [2.75, 3.05) is 0 Å². The van der Waals surface area contributed by atoms with Gasteiger partial charge in [-0.15, -0.1) is 0 Å². The fourth-order valence-electron chi connectivity index (χ4n) is 2.08. The van der Waals surface area contributed by atoms with Crippen LogP contribution < -0.4 is 5.73 Å². The first-order chi connectivity index (χ1) is 7.91. The van der Waals surface area contributed by atoms with Crippen LogP contribution in [0.2, 0.25) is 0 Å². The molecule has 0 aliphatic heterocycles. The molecule has 0 saturated heterocycles. The molecular formula is C15H27NO. The zero-order valence-corrected chi connectivity index (χ0v) is 11.6. The van der Waals surface area contributed by atoms with E-state index in [2.05, 4.69) is 26.8 Å². The Morgan fingerprint density at radius 2 is 1.94 bits per heavy atom. The second-order valence-electron chi connectivity index (χ2n) is 6.28. The summed E-state index contributed by atoms with van der Waals surface area (Å²) >= 11 is 0. The molecule has 1 rings (SSSR count). The molecule has 0 bridgehead atoms. The molecular weight excluding hydrogens is 210 g/mol. The molecule has 0 saturated carbocycles. The van der Waals surface area contributed by atoms with E-state index in [9.17, 15) is 4.79 Å². The van der Waals surface area contributed by atoms with Gasteiger partial charge in [-0.05, 0) is 36.7 Å². The third-order valence-corrected chi connectivity index (χ3v) is 3.67. The molecule has 0 radical (unpaired) electrons. The van der Waals surface area contributed by atoms with E-state index in [1.54, 1.807) is 0 Å². The SMILES string of the molecule is CC(C)(C)C(N)CC(=O)C1=CCCCCCC1. The van der Waals surface area contributed by atoms with E-state index in [1.807, 2.05) is 0 Å². The van der Waals surface area contributed by atoms with E-state index >= 15 is 0 Å². The van der Waals surface area contributed by atoms with E-state index in [-0.39, 0.29) is 17.2 Å². The normalized spacial score (nSPS) is 20.1. The topological polar surface area (TPSA) is 43.1 Å². The van der Waals surface area contributed by atoms with E-state index in [0.29, 0.717) is 6.42 Å². The molecule has 1 aliphatic carbocycles. The Hall–Kier alpha value is -0.630. The van der Waals surface area contributed by atoms with Crippen LogP contribution >= 0.6 is 0 Å². The van der Waals surface area contributed by atoms with Gasteiger partial charge in [-0.3, -0.25) is 4.79 Å². The van der Waals surface area contributed by atoms with Crippen molar-refractivity contribution in [3.8, 4) is 0 Å². The van der Waals surface area contributed by atoms with Crippen LogP contribution in [0.3, 0.4) is 0 Å². The van der Waals surface area contributed by atoms with Gasteiger partial charge in [0.2, 0.25) is 0 Å². The molecule has 0 aromatic heterocycles. The minimum absolute atomic E-state index is 0.0117. The second-order valence-corrected chi connectivity index (χ2v) is 6.28. The summed E-state index contributed by atoms with van der Waals surface area (Å²) in [6.45, 7) is 6.28. The predicted molar refractivity (Wildman–Crippen MR) is 72.8 cm³/mol. The molecule has 0 amide bonds. The number of carbonyl (C=O) groups excluding carboxylic acids is 1. The van der Waals surface area contributed by atoms with Crippen molar-refractivity contribution < 1.29 is 4.79 Å². The van der Waals surface area contributed by atoms with Gasteiger partial charge in [0.25, 0.3) is 0 Å². The maximum Gasteiger partial charge on any atom is 0.160 e. The lowest BCUT2D eigenvalue weighted by Crippen LogP contribution is -2.37. The van der Waals surface area contributed by atoms with Gasteiger partial charge in [0, 0.05) is 12.5 Å². The van der Waals surface area contributed by atoms with Crippen LogP contribution in [0.4, 0.5) is 0 Å². The lowest BCUT2D eigenvalue weighted by Gasteiger charge is -2.26. The highest BCUT2D eigenvalue weighted by Gasteiger charge is 2.24. The molecule has 1 atom stereocenters.